The third-order valence-corrected chi connectivity index (χ3v) is 6.91. The van der Waals surface area contributed by atoms with E-state index in [1.807, 2.05) is 16.8 Å². The van der Waals surface area contributed by atoms with Crippen LogP contribution in [0.1, 0.15) is 57.8 Å². The molecule has 142 valence electrons. The highest BCUT2D eigenvalue weighted by atomic mass is 16.4. The predicted molar refractivity (Wildman–Crippen MR) is 96.5 cm³/mol. The molecule has 0 aromatic heterocycles. The van der Waals surface area contributed by atoms with Crippen LogP contribution in [0.25, 0.3) is 0 Å². The van der Waals surface area contributed by atoms with E-state index in [1.54, 1.807) is 0 Å². The number of carbonyl (C=O) groups is 2. The Morgan fingerprint density at radius 3 is 2.44 bits per heavy atom. The van der Waals surface area contributed by atoms with E-state index in [-0.39, 0.29) is 18.6 Å². The zero-order chi connectivity index (χ0) is 17.9. The van der Waals surface area contributed by atoms with Crippen LogP contribution < -0.4 is 5.32 Å². The monoisotopic (exact) mass is 351 g/mol. The number of nitrogens with zero attached hydrogens (tertiary/aromatic N) is 2. The number of aliphatic carboxylic acids is 1. The minimum absolute atomic E-state index is 0.0702. The Hall–Kier alpha value is -1.30. The van der Waals surface area contributed by atoms with E-state index in [1.165, 1.54) is 38.5 Å². The lowest BCUT2D eigenvalue weighted by Gasteiger charge is -2.52. The van der Waals surface area contributed by atoms with Gasteiger partial charge >= 0.3 is 12.0 Å². The number of nitrogens with one attached hydrogen (secondary N) is 1. The summed E-state index contributed by atoms with van der Waals surface area (Å²) in [6.07, 6.45) is 10.7. The molecule has 3 fully saturated rings. The first-order valence-electron chi connectivity index (χ1n) is 9.95. The lowest BCUT2D eigenvalue weighted by Crippen LogP contribution is -2.51. The normalized spacial score (nSPS) is 26.5. The van der Waals surface area contributed by atoms with Crippen LogP contribution >= 0.6 is 0 Å². The molecule has 2 saturated carbocycles. The van der Waals surface area contributed by atoms with Gasteiger partial charge in [0.25, 0.3) is 0 Å². The van der Waals surface area contributed by atoms with E-state index in [0.29, 0.717) is 5.41 Å². The molecule has 0 radical (unpaired) electrons. The number of amides is 2. The van der Waals surface area contributed by atoms with Gasteiger partial charge in [-0.1, -0.05) is 12.8 Å². The Balaban J connectivity index is 1.45. The first-order chi connectivity index (χ1) is 12.0. The Bertz CT molecular complexity index is 488. The van der Waals surface area contributed by atoms with Crippen LogP contribution in [0.15, 0.2) is 0 Å². The number of carboxylic acid groups (broad SMARTS) is 1. The average Bonchev–Trinajstić information content (AvgIpc) is 2.72. The molecule has 0 aromatic carbocycles. The van der Waals surface area contributed by atoms with Crippen molar-refractivity contribution in [2.75, 3.05) is 33.2 Å². The zero-order valence-corrected chi connectivity index (χ0v) is 15.5. The molecule has 0 spiro atoms. The molecule has 1 saturated heterocycles. The van der Waals surface area contributed by atoms with Crippen molar-refractivity contribution in [3.8, 4) is 0 Å². The van der Waals surface area contributed by atoms with Gasteiger partial charge in [0.2, 0.25) is 0 Å². The van der Waals surface area contributed by atoms with E-state index in [9.17, 15) is 9.59 Å². The predicted octanol–water partition coefficient (Wildman–Crippen LogP) is 2.54. The van der Waals surface area contributed by atoms with Crippen LogP contribution in [0.3, 0.4) is 0 Å². The SMILES string of the molecule is CN(CC(=O)O)C1CCCN(C(=O)NCC2(C3CCC3)CCC2)CC1. The molecule has 2 aliphatic carbocycles. The molecule has 6 heteroatoms. The number of urea groups is 1. The van der Waals surface area contributed by atoms with Gasteiger partial charge in [0, 0.05) is 25.7 Å². The van der Waals surface area contributed by atoms with Crippen LogP contribution in [0.5, 0.6) is 0 Å². The van der Waals surface area contributed by atoms with Gasteiger partial charge in [-0.05, 0) is 63.3 Å². The Morgan fingerprint density at radius 1 is 1.12 bits per heavy atom. The molecule has 3 rings (SSSR count). The Labute approximate surface area is 150 Å². The van der Waals surface area contributed by atoms with Crippen molar-refractivity contribution in [2.24, 2.45) is 11.3 Å². The van der Waals surface area contributed by atoms with Crippen molar-refractivity contribution in [3.05, 3.63) is 0 Å². The molecule has 0 bridgehead atoms. The number of likely N-dealkylation sites (tertiary alicyclic amines) is 1. The molecule has 1 heterocycles. The molecule has 2 amide bonds. The first kappa shape index (κ1) is 18.5. The van der Waals surface area contributed by atoms with E-state index in [4.69, 9.17) is 5.11 Å². The fraction of sp³-hybridized carbons (Fsp3) is 0.895. The fourth-order valence-corrected chi connectivity index (χ4v) is 4.81. The quantitative estimate of drug-likeness (QED) is 0.771. The molecular formula is C19H33N3O3. The van der Waals surface area contributed by atoms with Gasteiger partial charge in [-0.2, -0.15) is 0 Å². The summed E-state index contributed by atoms with van der Waals surface area (Å²) >= 11 is 0. The third kappa shape index (κ3) is 4.27. The summed E-state index contributed by atoms with van der Waals surface area (Å²) in [6, 6.07) is 0.328. The Kier molecular flexibility index (Phi) is 5.87. The standard InChI is InChI=1S/C19H33N3O3/c1-21(13-17(23)24)16-7-3-11-22(12-8-16)18(25)20-14-19(9-4-10-19)15-5-2-6-15/h15-16H,2-14H2,1H3,(H,20,25)(H,23,24). The number of hydrogen-bond donors (Lipinski definition) is 2. The highest BCUT2D eigenvalue weighted by Crippen LogP contribution is 2.53. The molecule has 1 atom stereocenters. The largest absolute Gasteiger partial charge is 0.480 e. The van der Waals surface area contributed by atoms with Gasteiger partial charge in [0.05, 0.1) is 6.54 Å². The topological polar surface area (TPSA) is 72.9 Å². The van der Waals surface area contributed by atoms with E-state index in [2.05, 4.69) is 5.32 Å². The van der Waals surface area contributed by atoms with Gasteiger partial charge in [-0.15, -0.1) is 0 Å². The maximum absolute atomic E-state index is 12.6. The second-order valence-corrected chi connectivity index (χ2v) is 8.38. The highest BCUT2D eigenvalue weighted by molar-refractivity contribution is 5.74. The minimum Gasteiger partial charge on any atom is -0.480 e. The summed E-state index contributed by atoms with van der Waals surface area (Å²) in [4.78, 5) is 27.4. The van der Waals surface area contributed by atoms with Gasteiger partial charge in [-0.25, -0.2) is 4.79 Å². The van der Waals surface area contributed by atoms with Crippen LogP contribution in [0.4, 0.5) is 4.79 Å². The maximum Gasteiger partial charge on any atom is 0.317 e. The van der Waals surface area contributed by atoms with Crippen molar-refractivity contribution in [3.63, 3.8) is 0 Å². The summed E-state index contributed by atoms with van der Waals surface area (Å²) in [6.45, 7) is 2.41. The lowest BCUT2D eigenvalue weighted by atomic mass is 9.55. The molecule has 6 nitrogen and oxygen atoms in total. The highest BCUT2D eigenvalue weighted by Gasteiger charge is 2.46. The summed E-state index contributed by atoms with van der Waals surface area (Å²) < 4.78 is 0. The molecule has 1 aliphatic heterocycles. The van der Waals surface area contributed by atoms with E-state index >= 15 is 0 Å². The van der Waals surface area contributed by atoms with Crippen molar-refractivity contribution in [1.29, 1.82) is 0 Å². The number of likely N-dealkylation sites (N-methyl/N-ethyl adjacent to an activating group) is 1. The van der Waals surface area contributed by atoms with Gasteiger partial charge in [0.15, 0.2) is 0 Å². The van der Waals surface area contributed by atoms with E-state index < -0.39 is 5.97 Å². The van der Waals surface area contributed by atoms with Crippen LogP contribution in [-0.4, -0.2) is 66.2 Å². The summed E-state index contributed by atoms with van der Waals surface area (Å²) in [5, 5.41) is 12.2. The molecule has 25 heavy (non-hydrogen) atoms. The molecule has 2 N–H and O–H groups in total. The van der Waals surface area contributed by atoms with Gasteiger partial charge in [-0.3, -0.25) is 9.69 Å². The average molecular weight is 351 g/mol. The third-order valence-electron chi connectivity index (χ3n) is 6.91. The second-order valence-electron chi connectivity index (χ2n) is 8.38. The number of carboxylic acids is 1. The number of rotatable bonds is 6. The number of carbonyl (C=O) groups excluding carboxylic acids is 1. The minimum atomic E-state index is -0.789. The Morgan fingerprint density at radius 2 is 1.88 bits per heavy atom. The zero-order valence-electron chi connectivity index (χ0n) is 15.5. The molecule has 3 aliphatic rings. The first-order valence-corrected chi connectivity index (χ1v) is 9.95. The van der Waals surface area contributed by atoms with Crippen molar-refractivity contribution in [1.82, 2.24) is 15.1 Å². The van der Waals surface area contributed by atoms with Gasteiger partial charge in [0.1, 0.15) is 0 Å². The van der Waals surface area contributed by atoms with Crippen LogP contribution in [0.2, 0.25) is 0 Å². The fourth-order valence-electron chi connectivity index (χ4n) is 4.81. The molecular weight excluding hydrogens is 318 g/mol. The lowest BCUT2D eigenvalue weighted by molar-refractivity contribution is -0.138. The van der Waals surface area contributed by atoms with Crippen LogP contribution in [-0.2, 0) is 4.79 Å². The summed E-state index contributed by atoms with van der Waals surface area (Å²) in [5.74, 6) is 0.0443. The summed E-state index contributed by atoms with van der Waals surface area (Å²) in [7, 11) is 1.87. The van der Waals surface area contributed by atoms with Crippen molar-refractivity contribution >= 4 is 12.0 Å². The van der Waals surface area contributed by atoms with E-state index in [0.717, 1.165) is 44.8 Å². The van der Waals surface area contributed by atoms with Crippen molar-refractivity contribution < 1.29 is 14.7 Å². The second kappa shape index (κ2) is 7.94. The summed E-state index contributed by atoms with van der Waals surface area (Å²) in [5.41, 5.74) is 0.393. The van der Waals surface area contributed by atoms with Crippen LogP contribution in [0, 0.1) is 11.3 Å². The van der Waals surface area contributed by atoms with Gasteiger partial charge < -0.3 is 15.3 Å². The molecule has 0 aromatic rings. The number of hydrogen-bond acceptors (Lipinski definition) is 3. The maximum atomic E-state index is 12.6. The smallest absolute Gasteiger partial charge is 0.317 e. The van der Waals surface area contributed by atoms with Crippen molar-refractivity contribution in [2.45, 2.75) is 63.8 Å². The molecule has 1 unspecified atom stereocenters.